The van der Waals surface area contributed by atoms with E-state index in [0.29, 0.717) is 25.9 Å². The second-order valence-electron chi connectivity index (χ2n) is 4.14. The Morgan fingerprint density at radius 1 is 1.35 bits per heavy atom. The highest BCUT2D eigenvalue weighted by Crippen LogP contribution is 2.32. The largest absolute Gasteiger partial charge is 0.508 e. The number of fused-ring (bicyclic) bond motifs is 3. The molecule has 0 unspecified atom stereocenters. The molecule has 102 valence electrons. The third-order valence-corrected chi connectivity index (χ3v) is 3.99. The fraction of sp³-hybridized carbons (Fsp3) is 0.143. The Bertz CT molecular complexity index is 874. The van der Waals surface area contributed by atoms with Crippen molar-refractivity contribution in [2.75, 3.05) is 6.61 Å². The zero-order valence-corrected chi connectivity index (χ0v) is 11.3. The molecule has 0 fully saturated rings. The molecule has 0 saturated carbocycles. The van der Waals surface area contributed by atoms with Gasteiger partial charge in [-0.2, -0.15) is 0 Å². The monoisotopic (exact) mass is 290 g/mol. The molecular weight excluding hydrogens is 280 g/mol. The molecule has 2 aromatic heterocycles. The van der Waals surface area contributed by atoms with Crippen LogP contribution >= 0.6 is 11.3 Å². The fourth-order valence-corrected chi connectivity index (χ4v) is 3.05. The second kappa shape index (κ2) is 4.64. The highest BCUT2D eigenvalue weighted by molar-refractivity contribution is 7.21. The van der Waals surface area contributed by atoms with Crippen LogP contribution in [0.4, 0.5) is 0 Å². The summed E-state index contributed by atoms with van der Waals surface area (Å²) in [5.74, 6) is -0.442. The Hall–Kier alpha value is -2.34. The van der Waals surface area contributed by atoms with Gasteiger partial charge in [0.15, 0.2) is 0 Å². The molecule has 0 atom stereocenters. The smallest absolute Gasteiger partial charge is 0.348 e. The van der Waals surface area contributed by atoms with Gasteiger partial charge in [0.1, 0.15) is 16.2 Å². The fourth-order valence-electron chi connectivity index (χ4n) is 1.98. The number of hydrogen-bond acceptors (Lipinski definition) is 6. The van der Waals surface area contributed by atoms with Gasteiger partial charge >= 0.3 is 11.6 Å². The van der Waals surface area contributed by atoms with Gasteiger partial charge in [0.25, 0.3) is 0 Å². The standard InChI is InChI=1S/C14H10O5S/c1-2-18-14(17)11-6-9-12(20-11)8-4-3-7(15)5-10(8)19-13(9)16/h3-6,15H,2H2,1H3. The van der Waals surface area contributed by atoms with E-state index >= 15 is 0 Å². The van der Waals surface area contributed by atoms with Crippen LogP contribution < -0.4 is 5.63 Å². The van der Waals surface area contributed by atoms with Gasteiger partial charge in [-0.3, -0.25) is 0 Å². The topological polar surface area (TPSA) is 76.7 Å². The van der Waals surface area contributed by atoms with E-state index in [4.69, 9.17) is 9.15 Å². The molecule has 2 heterocycles. The Balaban J connectivity index is 2.32. The van der Waals surface area contributed by atoms with Gasteiger partial charge in [-0.1, -0.05) is 0 Å². The van der Waals surface area contributed by atoms with Crippen LogP contribution in [0.15, 0.2) is 33.5 Å². The first kappa shape index (κ1) is 12.7. The number of ether oxygens (including phenoxy) is 1. The number of esters is 1. The second-order valence-corrected chi connectivity index (χ2v) is 5.20. The van der Waals surface area contributed by atoms with Crippen LogP contribution in [0, 0.1) is 0 Å². The lowest BCUT2D eigenvalue weighted by atomic mass is 10.2. The summed E-state index contributed by atoms with van der Waals surface area (Å²) < 4.78 is 10.7. The number of carbonyl (C=O) groups excluding carboxylic acids is 1. The van der Waals surface area contributed by atoms with Crippen LogP contribution in [0.25, 0.3) is 21.1 Å². The summed E-state index contributed by atoms with van der Waals surface area (Å²) in [5, 5.41) is 10.4. The van der Waals surface area contributed by atoms with E-state index in [1.165, 1.54) is 29.5 Å². The minimum absolute atomic E-state index is 0.0159. The quantitative estimate of drug-likeness (QED) is 0.580. The minimum Gasteiger partial charge on any atom is -0.508 e. The Labute approximate surface area is 117 Å². The van der Waals surface area contributed by atoms with E-state index < -0.39 is 11.6 Å². The molecule has 0 aliphatic heterocycles. The molecule has 0 amide bonds. The Kier molecular flexibility index (Phi) is 2.94. The molecule has 0 aliphatic carbocycles. The maximum Gasteiger partial charge on any atom is 0.348 e. The van der Waals surface area contributed by atoms with E-state index in [-0.39, 0.29) is 12.4 Å². The number of benzene rings is 1. The van der Waals surface area contributed by atoms with Gasteiger partial charge in [0, 0.05) is 11.5 Å². The van der Waals surface area contributed by atoms with Crippen LogP contribution in [0.5, 0.6) is 5.75 Å². The molecule has 0 spiro atoms. The molecule has 0 saturated heterocycles. The van der Waals surface area contributed by atoms with Gasteiger partial charge in [0.05, 0.1) is 16.7 Å². The van der Waals surface area contributed by atoms with Crippen molar-refractivity contribution >= 4 is 38.4 Å². The lowest BCUT2D eigenvalue weighted by Gasteiger charge is -1.98. The average molecular weight is 290 g/mol. The van der Waals surface area contributed by atoms with Crippen molar-refractivity contribution in [2.45, 2.75) is 6.92 Å². The molecule has 6 heteroatoms. The summed E-state index contributed by atoms with van der Waals surface area (Å²) in [6, 6.07) is 6.02. The normalized spacial score (nSPS) is 11.1. The average Bonchev–Trinajstić information content (AvgIpc) is 2.84. The first-order chi connectivity index (χ1) is 9.60. The van der Waals surface area contributed by atoms with E-state index in [1.54, 1.807) is 13.0 Å². The summed E-state index contributed by atoms with van der Waals surface area (Å²) in [4.78, 5) is 24.0. The van der Waals surface area contributed by atoms with Crippen LogP contribution in [-0.4, -0.2) is 17.7 Å². The molecule has 1 N–H and O–H groups in total. The molecular formula is C14H10O5S. The van der Waals surface area contributed by atoms with E-state index in [9.17, 15) is 14.7 Å². The third-order valence-electron chi connectivity index (χ3n) is 2.84. The maximum atomic E-state index is 11.9. The van der Waals surface area contributed by atoms with Crippen molar-refractivity contribution in [3.05, 3.63) is 39.6 Å². The number of thiophene rings is 1. The Morgan fingerprint density at radius 3 is 2.90 bits per heavy atom. The Morgan fingerprint density at radius 2 is 2.15 bits per heavy atom. The van der Waals surface area contributed by atoms with Crippen LogP contribution in [-0.2, 0) is 4.74 Å². The molecule has 0 bridgehead atoms. The first-order valence-corrected chi connectivity index (χ1v) is 6.78. The molecule has 0 aliphatic rings. The van der Waals surface area contributed by atoms with E-state index in [2.05, 4.69) is 0 Å². The first-order valence-electron chi connectivity index (χ1n) is 5.96. The number of aromatic hydroxyl groups is 1. The molecule has 0 radical (unpaired) electrons. The van der Waals surface area contributed by atoms with E-state index in [1.807, 2.05) is 0 Å². The molecule has 1 aromatic carbocycles. The van der Waals surface area contributed by atoms with Crippen molar-refractivity contribution in [3.8, 4) is 5.75 Å². The van der Waals surface area contributed by atoms with Gasteiger partial charge in [0.2, 0.25) is 0 Å². The number of phenolic OH excluding ortho intramolecular Hbond substituents is 1. The molecule has 20 heavy (non-hydrogen) atoms. The lowest BCUT2D eigenvalue weighted by molar-refractivity contribution is 0.0532. The number of rotatable bonds is 2. The number of carbonyl (C=O) groups is 1. The van der Waals surface area contributed by atoms with Crippen LogP contribution in [0.1, 0.15) is 16.6 Å². The zero-order valence-electron chi connectivity index (χ0n) is 10.5. The maximum absolute atomic E-state index is 11.9. The summed E-state index contributed by atoms with van der Waals surface area (Å²) in [6.07, 6.45) is 0. The summed E-state index contributed by atoms with van der Waals surface area (Å²) in [5.41, 5.74) is -0.246. The zero-order chi connectivity index (χ0) is 14.3. The minimum atomic E-state index is -0.537. The highest BCUT2D eigenvalue weighted by atomic mass is 32.1. The van der Waals surface area contributed by atoms with Gasteiger partial charge < -0.3 is 14.3 Å². The number of phenols is 1. The predicted octanol–water partition coefficient (Wildman–Crippen LogP) is 2.89. The van der Waals surface area contributed by atoms with Gasteiger partial charge in [-0.05, 0) is 25.1 Å². The summed E-state index contributed by atoms with van der Waals surface area (Å²) in [6.45, 7) is 1.99. The SMILES string of the molecule is CCOC(=O)c1cc2c(=O)oc3cc(O)ccc3c2s1. The highest BCUT2D eigenvalue weighted by Gasteiger charge is 2.16. The van der Waals surface area contributed by atoms with Gasteiger partial charge in [-0.15, -0.1) is 11.3 Å². The van der Waals surface area contributed by atoms with Crippen LogP contribution in [0.3, 0.4) is 0 Å². The van der Waals surface area contributed by atoms with Crippen molar-refractivity contribution in [1.82, 2.24) is 0 Å². The van der Waals surface area contributed by atoms with Crippen molar-refractivity contribution < 1.29 is 19.1 Å². The number of hydrogen-bond donors (Lipinski definition) is 1. The van der Waals surface area contributed by atoms with Crippen molar-refractivity contribution in [2.24, 2.45) is 0 Å². The lowest BCUT2D eigenvalue weighted by Crippen LogP contribution is -2.02. The van der Waals surface area contributed by atoms with Gasteiger partial charge in [-0.25, -0.2) is 9.59 Å². The van der Waals surface area contributed by atoms with Crippen LogP contribution in [0.2, 0.25) is 0 Å². The van der Waals surface area contributed by atoms with E-state index in [0.717, 1.165) is 0 Å². The van der Waals surface area contributed by atoms with Crippen molar-refractivity contribution in [1.29, 1.82) is 0 Å². The molecule has 5 nitrogen and oxygen atoms in total. The predicted molar refractivity (Wildman–Crippen MR) is 75.5 cm³/mol. The third kappa shape index (κ3) is 1.94. The molecule has 3 aromatic rings. The summed E-state index contributed by atoms with van der Waals surface area (Å²) in [7, 11) is 0. The molecule has 3 rings (SSSR count). The summed E-state index contributed by atoms with van der Waals surface area (Å²) >= 11 is 1.18. The van der Waals surface area contributed by atoms with Crippen molar-refractivity contribution in [3.63, 3.8) is 0 Å².